The van der Waals surface area contributed by atoms with E-state index in [1.807, 2.05) is 0 Å². The van der Waals surface area contributed by atoms with E-state index in [9.17, 15) is 0 Å². The summed E-state index contributed by atoms with van der Waals surface area (Å²) >= 11 is 0. The van der Waals surface area contributed by atoms with E-state index in [0.29, 0.717) is 0 Å². The van der Waals surface area contributed by atoms with Crippen LogP contribution in [0.1, 0.15) is 0 Å². The molecule has 0 saturated carbocycles. The van der Waals surface area contributed by atoms with Crippen LogP contribution in [0, 0.1) is 0 Å². The molecule has 0 N–H and O–H groups in total. The number of hydrogen-bond donors (Lipinski definition) is 0. The van der Waals surface area contributed by atoms with Crippen molar-refractivity contribution in [3.05, 3.63) is 121 Å². The zero-order valence-electron chi connectivity index (χ0n) is 14.4. The molecule has 4 rings (SSSR count). The average molecular weight is 451 g/mol. The van der Waals surface area contributed by atoms with Gasteiger partial charge in [-0.05, 0) is 48.5 Å². The first-order valence-corrected chi connectivity index (χ1v) is 10.3. The number of hydrogen-bond acceptors (Lipinski definition) is 0. The Balaban J connectivity index is 0.00000131. The van der Waals surface area contributed by atoms with E-state index in [1.165, 1.54) is 21.2 Å². The number of benzene rings is 4. The van der Waals surface area contributed by atoms with Crippen LogP contribution in [0.5, 0.6) is 0 Å². The van der Waals surface area contributed by atoms with E-state index in [2.05, 4.69) is 121 Å². The van der Waals surface area contributed by atoms with Crippen LogP contribution in [0.25, 0.3) is 0 Å². The average Bonchev–Trinajstić information content (AvgIpc) is 2.72. The van der Waals surface area contributed by atoms with Gasteiger partial charge in [-0.2, -0.15) is 0 Å². The molecule has 0 atom stereocenters. The first-order valence-electron chi connectivity index (χ1n) is 8.54. The smallest absolute Gasteiger partial charge is 0.0620 e. The Morgan fingerprint density at radius 1 is 0.333 bits per heavy atom. The van der Waals surface area contributed by atoms with E-state index < -0.39 is 7.26 Å². The Bertz CT molecular complexity index is 765. The molecule has 0 aliphatic heterocycles. The van der Waals surface area contributed by atoms with Crippen LogP contribution in [0.15, 0.2) is 121 Å². The molecule has 0 aliphatic rings. The second kappa shape index (κ2) is 9.90. The van der Waals surface area contributed by atoms with Gasteiger partial charge in [-0.3, -0.25) is 0 Å². The molecule has 3 heteroatoms. The predicted molar refractivity (Wildman–Crippen MR) is 123 cm³/mol. The van der Waals surface area contributed by atoms with Crippen LogP contribution in [0.4, 0.5) is 0 Å². The van der Waals surface area contributed by atoms with Gasteiger partial charge in [-0.15, -0.1) is 0 Å². The van der Waals surface area contributed by atoms with Gasteiger partial charge in [0.2, 0.25) is 0 Å². The molecule has 0 radical (unpaired) electrons. The van der Waals surface area contributed by atoms with Crippen LogP contribution in [0.3, 0.4) is 0 Å². The van der Waals surface area contributed by atoms with E-state index in [1.54, 1.807) is 0 Å². The van der Waals surface area contributed by atoms with E-state index in [-0.39, 0.29) is 30.0 Å². The minimum atomic E-state index is -1.91. The summed E-state index contributed by atoms with van der Waals surface area (Å²) in [6, 6.07) is 43.8. The van der Waals surface area contributed by atoms with Gasteiger partial charge in [-0.1, -0.05) is 72.8 Å². The number of halogens is 1. The van der Waals surface area contributed by atoms with Crippen molar-refractivity contribution in [1.82, 2.24) is 0 Å². The Labute approximate surface area is 179 Å². The van der Waals surface area contributed by atoms with Gasteiger partial charge in [0.25, 0.3) is 0 Å². The molecule has 27 heavy (non-hydrogen) atoms. The van der Waals surface area contributed by atoms with Gasteiger partial charge in [0.15, 0.2) is 0 Å². The fourth-order valence-corrected chi connectivity index (χ4v) is 7.77. The summed E-state index contributed by atoms with van der Waals surface area (Å²) < 4.78 is 0. The molecule has 0 spiro atoms. The van der Waals surface area contributed by atoms with Gasteiger partial charge in [-0.25, -0.2) is 0 Å². The first-order chi connectivity index (χ1) is 12.4. The molecule has 0 fully saturated rings. The first kappa shape index (κ1) is 21.4. The molecule has 0 amide bonds. The van der Waals surface area contributed by atoms with Gasteiger partial charge in [0, 0.05) is 0 Å². The molecule has 0 heterocycles. The van der Waals surface area contributed by atoms with Crippen molar-refractivity contribution < 1.29 is 12.4 Å². The molecule has 0 aliphatic carbocycles. The van der Waals surface area contributed by atoms with Crippen molar-refractivity contribution in [1.29, 1.82) is 0 Å². The summed E-state index contributed by atoms with van der Waals surface area (Å²) in [5.41, 5.74) is 0. The van der Waals surface area contributed by atoms with Crippen molar-refractivity contribution in [3.63, 3.8) is 0 Å². The van der Waals surface area contributed by atoms with E-state index in [0.717, 1.165) is 0 Å². The topological polar surface area (TPSA) is 0 Å². The fraction of sp³-hybridized carbons (Fsp3) is 0. The van der Waals surface area contributed by atoms with Gasteiger partial charge in [0.05, 0.1) is 0 Å². The van der Waals surface area contributed by atoms with Crippen LogP contribution in [-0.2, 0) is 0 Å². The molecule has 0 saturated heterocycles. The molecule has 0 unspecified atom stereocenters. The van der Waals surface area contributed by atoms with Gasteiger partial charge in [0.1, 0.15) is 28.5 Å². The second-order valence-corrected chi connectivity index (χ2v) is 9.42. The number of rotatable bonds is 4. The summed E-state index contributed by atoms with van der Waals surface area (Å²) in [4.78, 5) is 0. The fourth-order valence-electron chi connectivity index (χ4n) is 3.50. The normalized spacial score (nSPS) is 10.4. The monoisotopic (exact) mass is 452 g/mol. The molecule has 4 aromatic rings. The quantitative estimate of drug-likeness (QED) is 0.299. The van der Waals surface area contributed by atoms with Gasteiger partial charge >= 0.3 is 17.6 Å². The minimum Gasteiger partial charge on any atom is -0.0620 e. The van der Waals surface area contributed by atoms with Crippen LogP contribution in [-0.4, -0.2) is 17.6 Å². The largest absolute Gasteiger partial charge is 0.144 e. The third kappa shape index (κ3) is 4.04. The van der Waals surface area contributed by atoms with Crippen molar-refractivity contribution in [2.45, 2.75) is 0 Å². The predicted octanol–water partition coefficient (Wildman–Crippen LogP) is -0.142. The Kier molecular flexibility index (Phi) is 7.86. The molecule has 0 aromatic heterocycles. The van der Waals surface area contributed by atoms with E-state index in [4.69, 9.17) is 0 Å². The molecule has 4 aromatic carbocycles. The SMILES string of the molecule is [Cl-].[GeH4].c1ccc([P+](c2ccccc2)(c2ccccc2)c2ccccc2)cc1. The summed E-state index contributed by atoms with van der Waals surface area (Å²) in [6.45, 7) is 0. The molecular weight excluding hydrogens is 427 g/mol. The third-order valence-electron chi connectivity index (χ3n) is 4.57. The maximum atomic E-state index is 2.28. The standard InChI is InChI=1S/C24H20P.ClH.GeH4/c1-5-13-21(14-6-1)25(22-15-7-2-8-16-22,23-17-9-3-10-18-23)24-19-11-4-12-20-24;;/h1-20H;1H;1H4/q+1;;/p-1. The molecule has 0 bridgehead atoms. The van der Waals surface area contributed by atoms with Crippen molar-refractivity contribution >= 4 is 46.1 Å². The van der Waals surface area contributed by atoms with Crippen LogP contribution in [0.2, 0.25) is 0 Å². The maximum Gasteiger partial charge on any atom is 0.144 e. The van der Waals surface area contributed by atoms with Crippen LogP contribution >= 0.6 is 7.26 Å². The zero-order chi connectivity index (χ0) is 17.0. The summed E-state index contributed by atoms with van der Waals surface area (Å²) in [5, 5.41) is 5.55. The zero-order valence-corrected chi connectivity index (χ0v) is 16.0. The van der Waals surface area contributed by atoms with Crippen LogP contribution < -0.4 is 33.6 Å². The summed E-state index contributed by atoms with van der Waals surface area (Å²) in [6.07, 6.45) is 0. The summed E-state index contributed by atoms with van der Waals surface area (Å²) in [5.74, 6) is 0. The Morgan fingerprint density at radius 2 is 0.519 bits per heavy atom. The van der Waals surface area contributed by atoms with Crippen molar-refractivity contribution in [2.24, 2.45) is 0 Å². The Morgan fingerprint density at radius 3 is 0.704 bits per heavy atom. The Hall–Kier alpha value is -1.86. The third-order valence-corrected chi connectivity index (χ3v) is 8.86. The molecular formula is C24H24ClGeP. The second-order valence-electron chi connectivity index (χ2n) is 6.01. The van der Waals surface area contributed by atoms with Crippen molar-refractivity contribution in [3.8, 4) is 0 Å². The van der Waals surface area contributed by atoms with Gasteiger partial charge < -0.3 is 12.4 Å². The molecule has 136 valence electrons. The molecule has 0 nitrogen and oxygen atoms in total. The van der Waals surface area contributed by atoms with E-state index >= 15 is 0 Å². The minimum absolute atomic E-state index is 0. The summed E-state index contributed by atoms with van der Waals surface area (Å²) in [7, 11) is -1.91. The van der Waals surface area contributed by atoms with Crippen molar-refractivity contribution in [2.75, 3.05) is 0 Å². The maximum absolute atomic E-state index is 2.28.